The number of anilines is 1. The SMILES string of the molecule is C#CCOc1ccc(CC2=NC(=S)N(c3ccc(OCC)cc3)C2=O)cc1. The zero-order valence-electron chi connectivity index (χ0n) is 14.8. The molecule has 0 unspecified atom stereocenters. The maximum atomic E-state index is 12.8. The molecule has 0 radical (unpaired) electrons. The van der Waals surface area contributed by atoms with Crippen LogP contribution >= 0.6 is 12.2 Å². The highest BCUT2D eigenvalue weighted by Crippen LogP contribution is 2.24. The number of benzene rings is 2. The van der Waals surface area contributed by atoms with Crippen LogP contribution < -0.4 is 14.4 Å². The number of terminal acetylenes is 1. The molecule has 1 aliphatic heterocycles. The molecule has 0 saturated heterocycles. The number of thiocarbonyl (C=S) groups is 1. The molecule has 3 rings (SSSR count). The Balaban J connectivity index is 1.69. The molecule has 2 aromatic rings. The second-order valence-electron chi connectivity index (χ2n) is 5.72. The zero-order valence-corrected chi connectivity index (χ0v) is 15.7. The highest BCUT2D eigenvalue weighted by atomic mass is 32.1. The van der Waals surface area contributed by atoms with E-state index >= 15 is 0 Å². The maximum absolute atomic E-state index is 12.8. The lowest BCUT2D eigenvalue weighted by Gasteiger charge is -2.15. The standard InChI is InChI=1S/C21H18N2O3S/c1-3-13-26-18-9-5-15(6-10-18)14-19-20(24)23(21(27)22-19)16-7-11-17(12-8-16)25-4-2/h1,5-12H,4,13-14H2,2H3. The van der Waals surface area contributed by atoms with E-state index in [4.69, 9.17) is 28.1 Å². The van der Waals surface area contributed by atoms with Crippen LogP contribution in [0.5, 0.6) is 11.5 Å². The van der Waals surface area contributed by atoms with Crippen molar-refractivity contribution >= 4 is 34.6 Å². The van der Waals surface area contributed by atoms with Crippen molar-refractivity contribution in [2.24, 2.45) is 4.99 Å². The van der Waals surface area contributed by atoms with Gasteiger partial charge in [0.2, 0.25) is 5.11 Å². The number of amides is 1. The Kier molecular flexibility index (Phi) is 5.84. The van der Waals surface area contributed by atoms with E-state index in [0.717, 1.165) is 11.3 Å². The van der Waals surface area contributed by atoms with Crippen molar-refractivity contribution in [2.45, 2.75) is 13.3 Å². The lowest BCUT2D eigenvalue weighted by molar-refractivity contribution is -0.111. The number of nitrogens with zero attached hydrogens (tertiary/aromatic N) is 2. The molecule has 5 nitrogen and oxygen atoms in total. The van der Waals surface area contributed by atoms with E-state index in [2.05, 4.69) is 10.9 Å². The van der Waals surface area contributed by atoms with Crippen molar-refractivity contribution in [1.29, 1.82) is 0 Å². The predicted octanol–water partition coefficient (Wildman–Crippen LogP) is 3.41. The van der Waals surface area contributed by atoms with Gasteiger partial charge in [-0.15, -0.1) is 6.42 Å². The van der Waals surface area contributed by atoms with Crippen molar-refractivity contribution in [3.8, 4) is 23.8 Å². The Hall–Kier alpha value is -3.17. The average Bonchev–Trinajstić information content (AvgIpc) is 2.95. The molecule has 0 saturated carbocycles. The van der Waals surface area contributed by atoms with Crippen LogP contribution in [0, 0.1) is 12.3 Å². The molecule has 0 aromatic heterocycles. The first-order chi connectivity index (χ1) is 13.1. The highest BCUT2D eigenvalue weighted by Gasteiger charge is 2.31. The van der Waals surface area contributed by atoms with Gasteiger partial charge < -0.3 is 9.47 Å². The third-order valence-corrected chi connectivity index (χ3v) is 4.17. The number of hydrogen-bond acceptors (Lipinski definition) is 4. The van der Waals surface area contributed by atoms with Crippen molar-refractivity contribution in [3.05, 3.63) is 54.1 Å². The Morgan fingerprint density at radius 2 is 1.70 bits per heavy atom. The first-order valence-electron chi connectivity index (χ1n) is 8.46. The van der Waals surface area contributed by atoms with Crippen LogP contribution in [0.25, 0.3) is 0 Å². The quantitative estimate of drug-likeness (QED) is 0.547. The van der Waals surface area contributed by atoms with Gasteiger partial charge in [-0.05, 0) is 61.1 Å². The van der Waals surface area contributed by atoms with Gasteiger partial charge >= 0.3 is 0 Å². The van der Waals surface area contributed by atoms with E-state index in [0.29, 0.717) is 30.2 Å². The van der Waals surface area contributed by atoms with Gasteiger partial charge in [0.25, 0.3) is 5.91 Å². The number of aliphatic imine (C=N–C) groups is 1. The van der Waals surface area contributed by atoms with Gasteiger partial charge in [0.15, 0.2) is 0 Å². The van der Waals surface area contributed by atoms with Gasteiger partial charge in [0.05, 0.1) is 12.3 Å². The summed E-state index contributed by atoms with van der Waals surface area (Å²) in [6.07, 6.45) is 5.57. The van der Waals surface area contributed by atoms with Gasteiger partial charge in [0.1, 0.15) is 23.8 Å². The van der Waals surface area contributed by atoms with E-state index in [9.17, 15) is 4.79 Å². The first kappa shape index (κ1) is 18.6. The third-order valence-electron chi connectivity index (χ3n) is 3.89. The molecule has 0 fully saturated rings. The van der Waals surface area contributed by atoms with Crippen LogP contribution in [0.2, 0.25) is 0 Å². The van der Waals surface area contributed by atoms with Crippen molar-refractivity contribution in [1.82, 2.24) is 0 Å². The topological polar surface area (TPSA) is 51.1 Å². The summed E-state index contributed by atoms with van der Waals surface area (Å²) in [5, 5.41) is 0.244. The smallest absolute Gasteiger partial charge is 0.279 e. The molecule has 2 aromatic carbocycles. The molecule has 1 heterocycles. The summed E-state index contributed by atoms with van der Waals surface area (Å²) in [4.78, 5) is 18.5. The van der Waals surface area contributed by atoms with Crippen LogP contribution in [0.3, 0.4) is 0 Å². The summed E-state index contributed by atoms with van der Waals surface area (Å²) in [5.41, 5.74) is 2.02. The van der Waals surface area contributed by atoms with Crippen LogP contribution in [0.1, 0.15) is 12.5 Å². The normalized spacial score (nSPS) is 13.3. The molecule has 6 heteroatoms. The predicted molar refractivity (Wildman–Crippen MR) is 110 cm³/mol. The fraction of sp³-hybridized carbons (Fsp3) is 0.190. The van der Waals surface area contributed by atoms with Gasteiger partial charge in [-0.3, -0.25) is 9.69 Å². The third kappa shape index (κ3) is 4.33. The lowest BCUT2D eigenvalue weighted by Crippen LogP contribution is -2.33. The fourth-order valence-electron chi connectivity index (χ4n) is 2.65. The van der Waals surface area contributed by atoms with E-state index in [1.807, 2.05) is 43.3 Å². The minimum absolute atomic E-state index is 0.211. The Labute approximate surface area is 163 Å². The zero-order chi connectivity index (χ0) is 19.2. The minimum atomic E-state index is -0.211. The molecule has 136 valence electrons. The second-order valence-corrected chi connectivity index (χ2v) is 6.09. The number of carbonyl (C=O) groups excluding carboxylic acids is 1. The Bertz CT molecular complexity index is 912. The van der Waals surface area contributed by atoms with Gasteiger partial charge in [-0.1, -0.05) is 18.1 Å². The number of rotatable bonds is 7. The first-order valence-corrected chi connectivity index (χ1v) is 8.87. The summed E-state index contributed by atoms with van der Waals surface area (Å²) in [5.74, 6) is 3.63. The monoisotopic (exact) mass is 378 g/mol. The van der Waals surface area contributed by atoms with Crippen molar-refractivity contribution in [2.75, 3.05) is 18.1 Å². The summed E-state index contributed by atoms with van der Waals surface area (Å²) in [6, 6.07) is 14.6. The molecule has 0 N–H and O–H groups in total. The average molecular weight is 378 g/mol. The highest BCUT2D eigenvalue weighted by molar-refractivity contribution is 7.80. The van der Waals surface area contributed by atoms with E-state index < -0.39 is 0 Å². The maximum Gasteiger partial charge on any atom is 0.279 e. The van der Waals surface area contributed by atoms with Gasteiger partial charge in [-0.2, -0.15) is 0 Å². The molecule has 0 aliphatic carbocycles. The molecular weight excluding hydrogens is 360 g/mol. The summed E-state index contributed by atoms with van der Waals surface area (Å²) >= 11 is 5.29. The Morgan fingerprint density at radius 3 is 2.33 bits per heavy atom. The van der Waals surface area contributed by atoms with E-state index in [1.165, 1.54) is 4.90 Å². The lowest BCUT2D eigenvalue weighted by atomic mass is 10.1. The number of ether oxygens (including phenoxy) is 2. The largest absolute Gasteiger partial charge is 0.494 e. The second kappa shape index (κ2) is 8.47. The fourth-order valence-corrected chi connectivity index (χ4v) is 2.95. The van der Waals surface area contributed by atoms with Gasteiger partial charge in [0, 0.05) is 6.42 Å². The minimum Gasteiger partial charge on any atom is -0.494 e. The van der Waals surface area contributed by atoms with Crippen molar-refractivity contribution < 1.29 is 14.3 Å². The van der Waals surface area contributed by atoms with Crippen LogP contribution in [-0.2, 0) is 11.2 Å². The molecule has 1 aliphatic rings. The molecule has 0 bridgehead atoms. The van der Waals surface area contributed by atoms with E-state index in [-0.39, 0.29) is 17.6 Å². The Morgan fingerprint density at radius 1 is 1.07 bits per heavy atom. The number of hydrogen-bond donors (Lipinski definition) is 0. The summed E-state index contributed by atoms with van der Waals surface area (Å²) in [7, 11) is 0. The summed E-state index contributed by atoms with van der Waals surface area (Å²) in [6.45, 7) is 2.72. The van der Waals surface area contributed by atoms with Gasteiger partial charge in [-0.25, -0.2) is 4.99 Å². The van der Waals surface area contributed by atoms with Crippen molar-refractivity contribution in [3.63, 3.8) is 0 Å². The van der Waals surface area contributed by atoms with Crippen LogP contribution in [-0.4, -0.2) is 29.9 Å². The molecule has 0 atom stereocenters. The summed E-state index contributed by atoms with van der Waals surface area (Å²) < 4.78 is 10.8. The number of carbonyl (C=O) groups is 1. The van der Waals surface area contributed by atoms with Crippen LogP contribution in [0.15, 0.2) is 53.5 Å². The molecule has 0 spiro atoms. The molecular formula is C21H18N2O3S. The molecule has 27 heavy (non-hydrogen) atoms. The van der Waals surface area contributed by atoms with Crippen LogP contribution in [0.4, 0.5) is 5.69 Å². The van der Waals surface area contributed by atoms with E-state index in [1.54, 1.807) is 12.1 Å². The molecule has 1 amide bonds.